The van der Waals surface area contributed by atoms with E-state index >= 15 is 0 Å². The Bertz CT molecular complexity index is 916. The summed E-state index contributed by atoms with van der Waals surface area (Å²) in [6.45, 7) is 2.00. The standard InChI is InChI=1S/C20H25FN2O4S/c1-5-18(23(28(4,25)26)17-12-10-16(21)11-13-17)20(24)22(2)14-15-8-6-7-9-19(15)27-3/h6-13,18H,5,14H2,1-4H3/t18-/m1/s1. The Balaban J connectivity index is 2.34. The highest BCUT2D eigenvalue weighted by Crippen LogP contribution is 2.25. The number of ether oxygens (including phenoxy) is 1. The minimum Gasteiger partial charge on any atom is -0.496 e. The first-order valence-corrected chi connectivity index (χ1v) is 10.7. The molecule has 0 radical (unpaired) electrons. The van der Waals surface area contributed by atoms with E-state index in [0.717, 1.165) is 16.1 Å². The van der Waals surface area contributed by atoms with Gasteiger partial charge in [0.15, 0.2) is 0 Å². The summed E-state index contributed by atoms with van der Waals surface area (Å²) < 4.78 is 44.5. The summed E-state index contributed by atoms with van der Waals surface area (Å²) in [7, 11) is -0.603. The molecule has 0 aromatic heterocycles. The molecule has 0 heterocycles. The summed E-state index contributed by atoms with van der Waals surface area (Å²) in [6, 6.07) is 11.4. The quantitative estimate of drug-likeness (QED) is 0.673. The minimum absolute atomic E-state index is 0.245. The fourth-order valence-electron chi connectivity index (χ4n) is 3.05. The largest absolute Gasteiger partial charge is 0.496 e. The van der Waals surface area contributed by atoms with Crippen molar-refractivity contribution in [3.63, 3.8) is 0 Å². The third kappa shape index (κ3) is 5.01. The summed E-state index contributed by atoms with van der Waals surface area (Å²) in [5, 5.41) is 0. The number of carbonyl (C=O) groups excluding carboxylic acids is 1. The van der Waals surface area contributed by atoms with Gasteiger partial charge in [-0.2, -0.15) is 0 Å². The summed E-state index contributed by atoms with van der Waals surface area (Å²) in [6.07, 6.45) is 1.30. The van der Waals surface area contributed by atoms with Crippen molar-refractivity contribution in [1.82, 2.24) is 4.90 Å². The number of hydrogen-bond donors (Lipinski definition) is 0. The van der Waals surface area contributed by atoms with Gasteiger partial charge in [-0.1, -0.05) is 25.1 Å². The molecular formula is C20H25FN2O4S. The van der Waals surface area contributed by atoms with E-state index in [-0.39, 0.29) is 24.6 Å². The maximum atomic E-state index is 13.3. The molecule has 0 aliphatic carbocycles. The van der Waals surface area contributed by atoms with Gasteiger partial charge >= 0.3 is 0 Å². The van der Waals surface area contributed by atoms with Crippen LogP contribution in [0.5, 0.6) is 5.75 Å². The molecule has 2 aromatic rings. The summed E-state index contributed by atoms with van der Waals surface area (Å²) in [5.41, 5.74) is 1.05. The maximum absolute atomic E-state index is 13.3. The molecule has 2 aromatic carbocycles. The SMILES string of the molecule is CC[C@H](C(=O)N(C)Cc1ccccc1OC)N(c1ccc(F)cc1)S(C)(=O)=O. The average Bonchev–Trinajstić information content (AvgIpc) is 2.66. The molecule has 0 N–H and O–H groups in total. The Morgan fingerprint density at radius 1 is 1.14 bits per heavy atom. The van der Waals surface area contributed by atoms with Gasteiger partial charge in [0.1, 0.15) is 17.6 Å². The molecule has 2 rings (SSSR count). The second-order valence-electron chi connectivity index (χ2n) is 6.47. The number of anilines is 1. The highest BCUT2D eigenvalue weighted by Gasteiger charge is 2.33. The Kier molecular flexibility index (Phi) is 7.01. The van der Waals surface area contributed by atoms with Crippen molar-refractivity contribution in [3.05, 3.63) is 59.9 Å². The number of para-hydroxylation sites is 1. The Morgan fingerprint density at radius 2 is 1.75 bits per heavy atom. The Morgan fingerprint density at radius 3 is 2.29 bits per heavy atom. The predicted octanol–water partition coefficient (Wildman–Crippen LogP) is 3.04. The fourth-order valence-corrected chi connectivity index (χ4v) is 4.26. The third-order valence-corrected chi connectivity index (χ3v) is 5.55. The molecule has 0 spiro atoms. The topological polar surface area (TPSA) is 66.9 Å². The second-order valence-corrected chi connectivity index (χ2v) is 8.32. The van der Waals surface area contributed by atoms with Crippen LogP contribution >= 0.6 is 0 Å². The highest BCUT2D eigenvalue weighted by molar-refractivity contribution is 7.92. The molecule has 0 bridgehead atoms. The van der Waals surface area contributed by atoms with Crippen LogP contribution in [-0.4, -0.2) is 45.7 Å². The van der Waals surface area contributed by atoms with E-state index in [4.69, 9.17) is 4.74 Å². The molecular weight excluding hydrogens is 383 g/mol. The Hall–Kier alpha value is -2.61. The summed E-state index contributed by atoms with van der Waals surface area (Å²) >= 11 is 0. The zero-order valence-corrected chi connectivity index (χ0v) is 17.2. The van der Waals surface area contributed by atoms with Gasteiger partial charge in [-0.3, -0.25) is 9.10 Å². The van der Waals surface area contributed by atoms with Gasteiger partial charge in [0.25, 0.3) is 0 Å². The molecule has 8 heteroatoms. The van der Waals surface area contributed by atoms with E-state index in [2.05, 4.69) is 0 Å². The van der Waals surface area contributed by atoms with Crippen molar-refractivity contribution in [2.24, 2.45) is 0 Å². The lowest BCUT2D eigenvalue weighted by atomic mass is 10.1. The lowest BCUT2D eigenvalue weighted by Gasteiger charge is -2.33. The van der Waals surface area contributed by atoms with Crippen molar-refractivity contribution in [3.8, 4) is 5.75 Å². The van der Waals surface area contributed by atoms with E-state index in [1.807, 2.05) is 18.2 Å². The highest BCUT2D eigenvalue weighted by atomic mass is 32.2. The van der Waals surface area contributed by atoms with Crippen LogP contribution in [0.3, 0.4) is 0 Å². The van der Waals surface area contributed by atoms with Crippen LogP contribution in [0, 0.1) is 5.82 Å². The van der Waals surface area contributed by atoms with Crippen LogP contribution in [0.25, 0.3) is 0 Å². The monoisotopic (exact) mass is 408 g/mol. The van der Waals surface area contributed by atoms with Crippen LogP contribution in [-0.2, 0) is 21.4 Å². The van der Waals surface area contributed by atoms with Gasteiger partial charge in [-0.15, -0.1) is 0 Å². The minimum atomic E-state index is -3.77. The zero-order valence-electron chi connectivity index (χ0n) is 16.4. The lowest BCUT2D eigenvalue weighted by Crippen LogP contribution is -2.49. The van der Waals surface area contributed by atoms with E-state index in [1.54, 1.807) is 27.1 Å². The lowest BCUT2D eigenvalue weighted by molar-refractivity contribution is -0.131. The smallest absolute Gasteiger partial charge is 0.246 e. The number of sulfonamides is 1. The van der Waals surface area contributed by atoms with Crippen molar-refractivity contribution in [1.29, 1.82) is 0 Å². The molecule has 0 aliphatic rings. The van der Waals surface area contributed by atoms with E-state index in [0.29, 0.717) is 5.75 Å². The molecule has 0 unspecified atom stereocenters. The van der Waals surface area contributed by atoms with Gasteiger partial charge < -0.3 is 9.64 Å². The number of amides is 1. The number of hydrogen-bond acceptors (Lipinski definition) is 4. The molecule has 0 saturated heterocycles. The molecule has 1 atom stereocenters. The van der Waals surface area contributed by atoms with Crippen LogP contribution in [0.1, 0.15) is 18.9 Å². The molecule has 1 amide bonds. The van der Waals surface area contributed by atoms with Crippen LogP contribution in [0.15, 0.2) is 48.5 Å². The van der Waals surface area contributed by atoms with Gasteiger partial charge in [0, 0.05) is 19.2 Å². The predicted molar refractivity (Wildman–Crippen MR) is 107 cm³/mol. The van der Waals surface area contributed by atoms with Crippen LogP contribution in [0.2, 0.25) is 0 Å². The van der Waals surface area contributed by atoms with Crippen LogP contribution < -0.4 is 9.04 Å². The number of halogens is 1. The first-order chi connectivity index (χ1) is 13.2. The van der Waals surface area contributed by atoms with Gasteiger partial charge in [0.05, 0.1) is 19.1 Å². The number of likely N-dealkylation sites (N-methyl/N-ethyl adjacent to an activating group) is 1. The maximum Gasteiger partial charge on any atom is 0.246 e. The van der Waals surface area contributed by atoms with Gasteiger partial charge in [0.2, 0.25) is 15.9 Å². The van der Waals surface area contributed by atoms with Crippen molar-refractivity contribution in [2.75, 3.05) is 24.7 Å². The fraction of sp³-hybridized carbons (Fsp3) is 0.350. The number of benzene rings is 2. The Labute approximate surface area is 165 Å². The number of methoxy groups -OCH3 is 1. The van der Waals surface area contributed by atoms with Crippen molar-refractivity contribution < 1.29 is 22.3 Å². The van der Waals surface area contributed by atoms with E-state index in [9.17, 15) is 17.6 Å². The summed E-state index contributed by atoms with van der Waals surface area (Å²) in [4.78, 5) is 14.6. The van der Waals surface area contributed by atoms with E-state index in [1.165, 1.54) is 29.2 Å². The van der Waals surface area contributed by atoms with Crippen LogP contribution in [0.4, 0.5) is 10.1 Å². The van der Waals surface area contributed by atoms with Crippen molar-refractivity contribution in [2.45, 2.75) is 25.9 Å². The molecule has 0 fully saturated rings. The van der Waals surface area contributed by atoms with Crippen molar-refractivity contribution >= 4 is 21.6 Å². The molecule has 0 saturated carbocycles. The zero-order chi connectivity index (χ0) is 20.9. The molecule has 6 nitrogen and oxygen atoms in total. The number of nitrogens with zero attached hydrogens (tertiary/aromatic N) is 2. The molecule has 0 aliphatic heterocycles. The number of carbonyl (C=O) groups is 1. The molecule has 152 valence electrons. The number of rotatable bonds is 8. The van der Waals surface area contributed by atoms with Gasteiger partial charge in [-0.25, -0.2) is 12.8 Å². The first kappa shape index (κ1) is 21.7. The third-order valence-electron chi connectivity index (χ3n) is 4.37. The summed E-state index contributed by atoms with van der Waals surface area (Å²) in [5.74, 6) is -0.193. The van der Waals surface area contributed by atoms with E-state index < -0.39 is 21.9 Å². The normalized spacial score (nSPS) is 12.3. The van der Waals surface area contributed by atoms with Gasteiger partial charge in [-0.05, 0) is 36.8 Å². The molecule has 28 heavy (non-hydrogen) atoms. The second kappa shape index (κ2) is 9.05. The first-order valence-electron chi connectivity index (χ1n) is 8.80. The average molecular weight is 408 g/mol.